The van der Waals surface area contributed by atoms with Crippen LogP contribution in [0.3, 0.4) is 0 Å². The van der Waals surface area contributed by atoms with Crippen LogP contribution >= 0.6 is 0 Å². The molecule has 6 nitrogen and oxygen atoms in total. The number of benzene rings is 1. The summed E-state index contributed by atoms with van der Waals surface area (Å²) < 4.78 is 5.13. The van der Waals surface area contributed by atoms with Crippen molar-refractivity contribution < 1.29 is 24.5 Å². The van der Waals surface area contributed by atoms with E-state index in [4.69, 9.17) is 4.74 Å². The van der Waals surface area contributed by atoms with Gasteiger partial charge >= 0.3 is 12.1 Å². The average molecular weight is 337 g/mol. The molecule has 0 unspecified atom stereocenters. The number of ether oxygens (including phenoxy) is 1. The molecule has 1 aromatic carbocycles. The van der Waals surface area contributed by atoms with E-state index in [-0.39, 0.29) is 12.2 Å². The Hall–Kier alpha value is -2.24. The van der Waals surface area contributed by atoms with Gasteiger partial charge < -0.3 is 20.3 Å². The Labute approximate surface area is 142 Å². The van der Waals surface area contributed by atoms with Crippen molar-refractivity contribution in [1.29, 1.82) is 0 Å². The van der Waals surface area contributed by atoms with Crippen molar-refractivity contribution in [3.05, 3.63) is 28.8 Å². The van der Waals surface area contributed by atoms with Crippen LogP contribution in [0, 0.1) is 0 Å². The Balaban J connectivity index is 3.05. The van der Waals surface area contributed by atoms with Gasteiger partial charge in [-0.05, 0) is 62.4 Å². The molecule has 0 bridgehead atoms. The highest BCUT2D eigenvalue weighted by atomic mass is 16.6. The minimum Gasteiger partial charge on any atom is -0.508 e. The van der Waals surface area contributed by atoms with E-state index in [2.05, 4.69) is 5.32 Å². The molecular weight excluding hydrogens is 310 g/mol. The van der Waals surface area contributed by atoms with Gasteiger partial charge in [0.25, 0.3) is 0 Å². The van der Waals surface area contributed by atoms with Crippen LogP contribution in [0.2, 0.25) is 0 Å². The lowest BCUT2D eigenvalue weighted by molar-refractivity contribution is -0.139. The summed E-state index contributed by atoms with van der Waals surface area (Å²) in [7, 11) is 0. The first-order valence-corrected chi connectivity index (χ1v) is 8.13. The Morgan fingerprint density at radius 1 is 1.17 bits per heavy atom. The number of carboxylic acid groups (broad SMARTS) is 1. The Kier molecular flexibility index (Phi) is 6.63. The number of rotatable bonds is 6. The molecule has 134 valence electrons. The summed E-state index contributed by atoms with van der Waals surface area (Å²) in [5, 5.41) is 21.7. The number of aliphatic carboxylic acids is 1. The van der Waals surface area contributed by atoms with Gasteiger partial charge in [0.1, 0.15) is 17.4 Å². The molecule has 1 atom stereocenters. The van der Waals surface area contributed by atoms with E-state index >= 15 is 0 Å². The number of nitrogens with one attached hydrogen (secondary N) is 1. The summed E-state index contributed by atoms with van der Waals surface area (Å²) in [5.74, 6) is -0.961. The number of hydrogen-bond donors (Lipinski definition) is 3. The zero-order valence-corrected chi connectivity index (χ0v) is 15.0. The Bertz CT molecular complexity index is 579. The van der Waals surface area contributed by atoms with Crippen molar-refractivity contribution >= 4 is 12.1 Å². The van der Waals surface area contributed by atoms with Crippen molar-refractivity contribution in [2.75, 3.05) is 0 Å². The molecule has 0 spiro atoms. The number of carbonyl (C=O) groups is 2. The Morgan fingerprint density at radius 2 is 1.67 bits per heavy atom. The van der Waals surface area contributed by atoms with Crippen LogP contribution in [0.4, 0.5) is 4.79 Å². The zero-order valence-electron chi connectivity index (χ0n) is 15.0. The number of alkyl carbamates (subject to hydrolysis) is 1. The first-order valence-electron chi connectivity index (χ1n) is 8.13. The van der Waals surface area contributed by atoms with Crippen LogP contribution in [0.25, 0.3) is 0 Å². The number of amides is 1. The van der Waals surface area contributed by atoms with E-state index in [0.29, 0.717) is 12.8 Å². The van der Waals surface area contributed by atoms with Gasteiger partial charge in [0, 0.05) is 6.42 Å². The van der Waals surface area contributed by atoms with E-state index in [1.54, 1.807) is 32.9 Å². The van der Waals surface area contributed by atoms with E-state index in [1.807, 2.05) is 13.8 Å². The molecule has 0 aliphatic carbocycles. The SMILES string of the molecule is CCc1cc(O)cc(CC)c1C[C@H](NC(=O)OC(C)(C)C)C(=O)O. The number of aromatic hydroxyl groups is 1. The van der Waals surface area contributed by atoms with E-state index in [1.165, 1.54) is 0 Å². The number of phenolic OH excluding ortho intramolecular Hbond substituents is 1. The lowest BCUT2D eigenvalue weighted by atomic mass is 9.92. The van der Waals surface area contributed by atoms with Gasteiger partial charge in [0.2, 0.25) is 0 Å². The third-order valence-electron chi connectivity index (χ3n) is 3.58. The second-order valence-corrected chi connectivity index (χ2v) is 6.69. The quantitative estimate of drug-likeness (QED) is 0.741. The lowest BCUT2D eigenvalue weighted by Gasteiger charge is -2.23. The van der Waals surface area contributed by atoms with Crippen LogP contribution < -0.4 is 5.32 Å². The van der Waals surface area contributed by atoms with Gasteiger partial charge in [0.15, 0.2) is 0 Å². The third-order valence-corrected chi connectivity index (χ3v) is 3.58. The highest BCUT2D eigenvalue weighted by molar-refractivity contribution is 5.80. The van der Waals surface area contributed by atoms with Gasteiger partial charge in [-0.3, -0.25) is 0 Å². The minimum absolute atomic E-state index is 0.140. The molecule has 6 heteroatoms. The summed E-state index contributed by atoms with van der Waals surface area (Å²) >= 11 is 0. The molecule has 0 fully saturated rings. The first-order chi connectivity index (χ1) is 11.1. The first kappa shape index (κ1) is 19.8. The molecule has 1 aromatic rings. The van der Waals surface area contributed by atoms with Gasteiger partial charge in [-0.25, -0.2) is 9.59 Å². The second-order valence-electron chi connectivity index (χ2n) is 6.69. The number of aryl methyl sites for hydroxylation is 2. The van der Waals surface area contributed by atoms with Crippen LogP contribution in [-0.4, -0.2) is 33.9 Å². The van der Waals surface area contributed by atoms with Crippen molar-refractivity contribution in [3.63, 3.8) is 0 Å². The van der Waals surface area contributed by atoms with Gasteiger partial charge in [-0.2, -0.15) is 0 Å². The van der Waals surface area contributed by atoms with Crippen molar-refractivity contribution in [1.82, 2.24) is 5.32 Å². The molecule has 0 radical (unpaired) electrons. The van der Waals surface area contributed by atoms with Crippen LogP contribution in [0.1, 0.15) is 51.3 Å². The molecule has 0 aromatic heterocycles. The fourth-order valence-electron chi connectivity index (χ4n) is 2.53. The van der Waals surface area contributed by atoms with Crippen molar-refractivity contribution in [2.45, 2.75) is 65.5 Å². The molecule has 0 saturated carbocycles. The summed E-state index contributed by atoms with van der Waals surface area (Å²) in [6.45, 7) is 9.02. The number of carbonyl (C=O) groups excluding carboxylic acids is 1. The fourth-order valence-corrected chi connectivity index (χ4v) is 2.53. The monoisotopic (exact) mass is 337 g/mol. The molecule has 0 heterocycles. The topological polar surface area (TPSA) is 95.9 Å². The minimum atomic E-state index is -1.13. The summed E-state index contributed by atoms with van der Waals surface area (Å²) in [6, 6.07) is 2.18. The molecule has 1 amide bonds. The maximum atomic E-state index is 11.9. The highest BCUT2D eigenvalue weighted by Gasteiger charge is 2.26. The molecule has 0 saturated heterocycles. The molecule has 24 heavy (non-hydrogen) atoms. The number of phenols is 1. The van der Waals surface area contributed by atoms with Crippen molar-refractivity contribution in [3.8, 4) is 5.75 Å². The maximum absolute atomic E-state index is 11.9. The molecule has 1 rings (SSSR count). The third kappa shape index (κ3) is 5.76. The number of carboxylic acids is 1. The van der Waals surface area contributed by atoms with E-state index < -0.39 is 23.7 Å². The predicted octanol–water partition coefficient (Wildman–Crippen LogP) is 3.04. The zero-order chi connectivity index (χ0) is 18.5. The van der Waals surface area contributed by atoms with Crippen LogP contribution in [0.15, 0.2) is 12.1 Å². The maximum Gasteiger partial charge on any atom is 0.408 e. The van der Waals surface area contributed by atoms with E-state index in [9.17, 15) is 19.8 Å². The highest BCUT2D eigenvalue weighted by Crippen LogP contribution is 2.24. The van der Waals surface area contributed by atoms with Crippen LogP contribution in [0.5, 0.6) is 5.75 Å². The lowest BCUT2D eigenvalue weighted by Crippen LogP contribution is -2.45. The standard InChI is InChI=1S/C18H27NO5/c1-6-11-8-13(20)9-12(7-2)14(11)10-15(16(21)22)19-17(23)24-18(3,4)5/h8-9,15,20H,6-7,10H2,1-5H3,(H,19,23)(H,21,22)/t15-/m0/s1. The van der Waals surface area contributed by atoms with Gasteiger partial charge in [-0.1, -0.05) is 13.8 Å². The normalized spacial score (nSPS) is 12.5. The van der Waals surface area contributed by atoms with Gasteiger partial charge in [-0.15, -0.1) is 0 Å². The van der Waals surface area contributed by atoms with Crippen LogP contribution in [-0.2, 0) is 28.8 Å². The Morgan fingerprint density at radius 3 is 2.04 bits per heavy atom. The largest absolute Gasteiger partial charge is 0.508 e. The second kappa shape index (κ2) is 8.04. The molecule has 0 aliphatic rings. The summed E-state index contributed by atoms with van der Waals surface area (Å²) in [6.07, 6.45) is 0.705. The molecule has 3 N–H and O–H groups in total. The average Bonchev–Trinajstić information content (AvgIpc) is 2.45. The number of hydrogen-bond acceptors (Lipinski definition) is 4. The van der Waals surface area contributed by atoms with Crippen molar-refractivity contribution in [2.24, 2.45) is 0 Å². The molecular formula is C18H27NO5. The summed E-state index contributed by atoms with van der Waals surface area (Å²) in [5.41, 5.74) is 1.91. The smallest absolute Gasteiger partial charge is 0.408 e. The molecule has 0 aliphatic heterocycles. The predicted molar refractivity (Wildman–Crippen MR) is 91.4 cm³/mol. The summed E-state index contributed by atoms with van der Waals surface area (Å²) in [4.78, 5) is 23.4. The van der Waals surface area contributed by atoms with E-state index in [0.717, 1.165) is 16.7 Å². The van der Waals surface area contributed by atoms with Gasteiger partial charge in [0.05, 0.1) is 0 Å². The fraction of sp³-hybridized carbons (Fsp3) is 0.556.